The standard InChI is InChI=1S/C20H44N.C2H6O4S/c1-5-7-8-9-10-11-12-13-14-15-16-17-18-19-20-21(3,4)6-2;1-2-6-7(3,4)5/h5-20H2,1-4H3;2H2,1H3,(H,3,4,5)/q+1;. The molecule has 6 heteroatoms. The Hall–Kier alpha value is -0.170. The largest absolute Gasteiger partial charge is 0.397 e. The molecule has 0 amide bonds. The van der Waals surface area contributed by atoms with Crippen LogP contribution < -0.4 is 0 Å². The van der Waals surface area contributed by atoms with Crippen molar-refractivity contribution in [3.8, 4) is 0 Å². The van der Waals surface area contributed by atoms with Crippen molar-refractivity contribution in [1.82, 2.24) is 0 Å². The van der Waals surface area contributed by atoms with Gasteiger partial charge in [-0.1, -0.05) is 84.0 Å². The van der Waals surface area contributed by atoms with Crippen molar-refractivity contribution in [3.63, 3.8) is 0 Å². The first kappa shape index (κ1) is 30.0. The summed E-state index contributed by atoms with van der Waals surface area (Å²) in [5.74, 6) is 0. The molecule has 28 heavy (non-hydrogen) atoms. The molecule has 0 aromatic heterocycles. The fourth-order valence-electron chi connectivity index (χ4n) is 3.04. The maximum atomic E-state index is 9.56. The highest BCUT2D eigenvalue weighted by molar-refractivity contribution is 7.80. The van der Waals surface area contributed by atoms with Crippen molar-refractivity contribution in [2.45, 2.75) is 111 Å². The van der Waals surface area contributed by atoms with E-state index in [1.54, 1.807) is 0 Å². The Labute approximate surface area is 176 Å². The summed E-state index contributed by atoms with van der Waals surface area (Å²) in [5.41, 5.74) is 0. The summed E-state index contributed by atoms with van der Waals surface area (Å²) >= 11 is 0. The second kappa shape index (κ2) is 20.1. The van der Waals surface area contributed by atoms with Crippen LogP contribution in [0.1, 0.15) is 111 Å². The van der Waals surface area contributed by atoms with Crippen LogP contribution in [0.3, 0.4) is 0 Å². The molecule has 1 N–H and O–H groups in total. The highest BCUT2D eigenvalue weighted by Crippen LogP contribution is 2.13. The fraction of sp³-hybridized carbons (Fsp3) is 1.00. The van der Waals surface area contributed by atoms with Gasteiger partial charge >= 0.3 is 10.4 Å². The van der Waals surface area contributed by atoms with E-state index in [1.807, 2.05) is 0 Å². The van der Waals surface area contributed by atoms with Gasteiger partial charge < -0.3 is 4.48 Å². The Bertz CT molecular complexity index is 411. The lowest BCUT2D eigenvalue weighted by Gasteiger charge is -2.28. The lowest BCUT2D eigenvalue weighted by Crippen LogP contribution is -2.39. The summed E-state index contributed by atoms with van der Waals surface area (Å²) in [6, 6.07) is 0. The Morgan fingerprint density at radius 3 is 1.29 bits per heavy atom. The van der Waals surface area contributed by atoms with Gasteiger partial charge in [-0.2, -0.15) is 8.42 Å². The maximum Gasteiger partial charge on any atom is 0.397 e. The van der Waals surface area contributed by atoms with Crippen molar-refractivity contribution in [3.05, 3.63) is 0 Å². The van der Waals surface area contributed by atoms with E-state index in [0.717, 1.165) is 0 Å². The van der Waals surface area contributed by atoms with Gasteiger partial charge in [-0.05, 0) is 26.7 Å². The molecule has 0 unspecified atom stereocenters. The lowest BCUT2D eigenvalue weighted by molar-refractivity contribution is -0.888. The van der Waals surface area contributed by atoms with Crippen molar-refractivity contribution in [2.75, 3.05) is 33.8 Å². The number of rotatable bonds is 18. The van der Waals surface area contributed by atoms with Crippen LogP contribution in [0.2, 0.25) is 0 Å². The number of quaternary nitrogens is 1. The number of hydrogen-bond donors (Lipinski definition) is 1. The zero-order chi connectivity index (χ0) is 21.7. The van der Waals surface area contributed by atoms with Crippen molar-refractivity contribution < 1.29 is 21.6 Å². The third kappa shape index (κ3) is 28.0. The van der Waals surface area contributed by atoms with Crippen molar-refractivity contribution in [2.24, 2.45) is 0 Å². The highest BCUT2D eigenvalue weighted by Gasteiger charge is 2.09. The Morgan fingerprint density at radius 1 is 0.679 bits per heavy atom. The fourth-order valence-corrected chi connectivity index (χ4v) is 3.34. The summed E-state index contributed by atoms with van der Waals surface area (Å²) < 4.78 is 31.8. The Morgan fingerprint density at radius 2 is 1.04 bits per heavy atom. The van der Waals surface area contributed by atoms with Gasteiger partial charge in [0.25, 0.3) is 0 Å². The topological polar surface area (TPSA) is 63.6 Å². The number of nitrogens with zero attached hydrogens (tertiary/aromatic N) is 1. The highest BCUT2D eigenvalue weighted by atomic mass is 32.3. The summed E-state index contributed by atoms with van der Waals surface area (Å²) in [7, 11) is 0.525. The molecule has 0 radical (unpaired) electrons. The molecule has 0 aliphatic rings. The van der Waals surface area contributed by atoms with Crippen molar-refractivity contribution in [1.29, 1.82) is 0 Å². The van der Waals surface area contributed by atoms with Crippen LogP contribution in [0.4, 0.5) is 0 Å². The molecule has 0 fully saturated rings. The van der Waals surface area contributed by atoms with Crippen LogP contribution in [0.25, 0.3) is 0 Å². The third-order valence-electron chi connectivity index (χ3n) is 5.24. The first-order valence-corrected chi connectivity index (χ1v) is 13.0. The van der Waals surface area contributed by atoms with E-state index in [0.29, 0.717) is 0 Å². The molecular weight excluding hydrogens is 374 g/mol. The van der Waals surface area contributed by atoms with Crippen LogP contribution in [-0.4, -0.2) is 51.2 Å². The van der Waals surface area contributed by atoms with Gasteiger partial charge in [-0.3, -0.25) is 4.55 Å². The molecule has 0 aromatic rings. The molecule has 0 spiro atoms. The van der Waals surface area contributed by atoms with E-state index in [-0.39, 0.29) is 6.61 Å². The van der Waals surface area contributed by atoms with E-state index in [1.165, 1.54) is 114 Å². The average molecular weight is 425 g/mol. The Balaban J connectivity index is 0. The molecule has 5 nitrogen and oxygen atoms in total. The molecule has 0 saturated heterocycles. The summed E-state index contributed by atoms with van der Waals surface area (Å²) in [4.78, 5) is 0. The predicted octanol–water partition coefficient (Wildman–Crippen LogP) is 6.39. The third-order valence-corrected chi connectivity index (χ3v) is 5.77. The van der Waals surface area contributed by atoms with Gasteiger partial charge in [0.2, 0.25) is 0 Å². The van der Waals surface area contributed by atoms with E-state index in [9.17, 15) is 8.42 Å². The molecule has 0 aromatic carbocycles. The van der Waals surface area contributed by atoms with Crippen LogP contribution >= 0.6 is 0 Å². The summed E-state index contributed by atoms with van der Waals surface area (Å²) in [5, 5.41) is 0. The van der Waals surface area contributed by atoms with E-state index in [4.69, 9.17) is 4.55 Å². The molecule has 0 heterocycles. The minimum absolute atomic E-state index is 0.0289. The van der Waals surface area contributed by atoms with Gasteiger partial charge in [0.1, 0.15) is 0 Å². The zero-order valence-corrected chi connectivity index (χ0v) is 20.4. The maximum absolute atomic E-state index is 9.56. The number of unbranched alkanes of at least 4 members (excludes halogenated alkanes) is 13. The molecule has 0 aliphatic carbocycles. The van der Waals surface area contributed by atoms with Gasteiger partial charge in [-0.15, -0.1) is 0 Å². The first-order chi connectivity index (χ1) is 13.2. The van der Waals surface area contributed by atoms with E-state index in [2.05, 4.69) is 32.1 Å². The molecule has 0 bridgehead atoms. The summed E-state index contributed by atoms with van der Waals surface area (Å²) in [6.07, 6.45) is 20.4. The second-order valence-electron chi connectivity index (χ2n) is 8.41. The summed E-state index contributed by atoms with van der Waals surface area (Å²) in [6.45, 7) is 8.65. The molecule has 172 valence electrons. The zero-order valence-electron chi connectivity index (χ0n) is 19.5. The quantitative estimate of drug-likeness (QED) is 0.157. The predicted molar refractivity (Wildman–Crippen MR) is 121 cm³/mol. The van der Waals surface area contributed by atoms with Crippen LogP contribution in [0.15, 0.2) is 0 Å². The minimum Gasteiger partial charge on any atom is -0.329 e. The molecule has 0 aliphatic heterocycles. The average Bonchev–Trinajstić information content (AvgIpc) is 2.61. The van der Waals surface area contributed by atoms with Gasteiger partial charge in [0, 0.05) is 0 Å². The molecule has 0 saturated carbocycles. The number of hydrogen-bond acceptors (Lipinski definition) is 3. The van der Waals surface area contributed by atoms with Crippen LogP contribution in [0.5, 0.6) is 0 Å². The SMILES string of the molecule is CCCCCCCCCCCCCCCC[N+](C)(C)CC.CCOS(=O)(=O)O. The van der Waals surface area contributed by atoms with Crippen LogP contribution in [-0.2, 0) is 14.6 Å². The van der Waals surface area contributed by atoms with E-state index < -0.39 is 10.4 Å². The van der Waals surface area contributed by atoms with Crippen LogP contribution in [0, 0.1) is 0 Å². The van der Waals surface area contributed by atoms with Gasteiger partial charge in [0.15, 0.2) is 0 Å². The Kier molecular flexibility index (Phi) is 21.6. The van der Waals surface area contributed by atoms with E-state index >= 15 is 0 Å². The molecule has 0 atom stereocenters. The van der Waals surface area contributed by atoms with Crippen molar-refractivity contribution >= 4 is 10.4 Å². The monoisotopic (exact) mass is 424 g/mol. The first-order valence-electron chi connectivity index (χ1n) is 11.6. The second-order valence-corrected chi connectivity index (χ2v) is 9.50. The minimum atomic E-state index is -4.17. The smallest absolute Gasteiger partial charge is 0.329 e. The normalized spacial score (nSPS) is 11.9. The molecular formula is C22H50NO4S+. The van der Waals surface area contributed by atoms with Gasteiger partial charge in [-0.25, -0.2) is 4.18 Å². The van der Waals surface area contributed by atoms with Gasteiger partial charge in [0.05, 0.1) is 33.8 Å². The molecule has 0 rings (SSSR count). The lowest BCUT2D eigenvalue weighted by atomic mass is 10.0.